The minimum atomic E-state index is -1.14. The SMILES string of the molecule is C=C(C)C(=O)OCCOC(=O)c1cc(OC(=O)C(=C)C)cc(-c2ccc(O[C@H](O)C(=C)C)cc2)c1. The predicted molar refractivity (Wildman–Crippen MR) is 130 cm³/mol. The van der Waals surface area contributed by atoms with Gasteiger partial charge in [0.25, 0.3) is 0 Å². The van der Waals surface area contributed by atoms with Crippen molar-refractivity contribution in [1.29, 1.82) is 0 Å². The number of aliphatic hydroxyl groups is 1. The highest BCUT2D eigenvalue weighted by atomic mass is 16.6. The molecular formula is C27H28O8. The number of rotatable bonds is 11. The van der Waals surface area contributed by atoms with Crippen LogP contribution >= 0.6 is 0 Å². The summed E-state index contributed by atoms with van der Waals surface area (Å²) in [6, 6.07) is 11.2. The van der Waals surface area contributed by atoms with E-state index in [-0.39, 0.29) is 35.7 Å². The summed E-state index contributed by atoms with van der Waals surface area (Å²) in [6.07, 6.45) is -1.14. The molecule has 2 aromatic carbocycles. The molecule has 0 saturated carbocycles. The van der Waals surface area contributed by atoms with Crippen molar-refractivity contribution in [3.05, 3.63) is 84.5 Å². The molecule has 8 heteroatoms. The van der Waals surface area contributed by atoms with E-state index in [9.17, 15) is 19.5 Å². The summed E-state index contributed by atoms with van der Waals surface area (Å²) >= 11 is 0. The number of carbonyl (C=O) groups is 3. The highest BCUT2D eigenvalue weighted by Crippen LogP contribution is 2.29. The van der Waals surface area contributed by atoms with Gasteiger partial charge in [-0.25, -0.2) is 14.4 Å². The largest absolute Gasteiger partial charge is 0.461 e. The van der Waals surface area contributed by atoms with Crippen LogP contribution < -0.4 is 9.47 Å². The van der Waals surface area contributed by atoms with Gasteiger partial charge in [-0.05, 0) is 67.8 Å². The van der Waals surface area contributed by atoms with Crippen molar-refractivity contribution in [3.63, 3.8) is 0 Å². The molecule has 2 rings (SSSR count). The van der Waals surface area contributed by atoms with E-state index in [1.54, 1.807) is 43.3 Å². The van der Waals surface area contributed by atoms with E-state index in [1.165, 1.54) is 19.9 Å². The monoisotopic (exact) mass is 480 g/mol. The lowest BCUT2D eigenvalue weighted by Crippen LogP contribution is -2.15. The predicted octanol–water partition coefficient (Wildman–Crippen LogP) is 4.38. The van der Waals surface area contributed by atoms with Crippen LogP contribution in [0.25, 0.3) is 11.1 Å². The van der Waals surface area contributed by atoms with Gasteiger partial charge in [0.15, 0.2) is 0 Å². The smallest absolute Gasteiger partial charge is 0.338 e. The third kappa shape index (κ3) is 8.28. The molecule has 184 valence electrons. The fourth-order valence-corrected chi connectivity index (χ4v) is 2.57. The number of aliphatic hydroxyl groups excluding tert-OH is 1. The van der Waals surface area contributed by atoms with Crippen LogP contribution in [0.3, 0.4) is 0 Å². The highest BCUT2D eigenvalue weighted by Gasteiger charge is 2.15. The van der Waals surface area contributed by atoms with Crippen LogP contribution in [-0.4, -0.2) is 42.5 Å². The number of ether oxygens (including phenoxy) is 4. The second kappa shape index (κ2) is 12.3. The third-order valence-electron chi connectivity index (χ3n) is 4.46. The van der Waals surface area contributed by atoms with Gasteiger partial charge in [-0.2, -0.15) is 0 Å². The second-order valence-electron chi connectivity index (χ2n) is 7.81. The summed E-state index contributed by atoms with van der Waals surface area (Å²) in [5, 5.41) is 9.81. The Kier molecular flexibility index (Phi) is 9.54. The van der Waals surface area contributed by atoms with E-state index in [0.717, 1.165) is 0 Å². The molecule has 0 unspecified atom stereocenters. The minimum Gasteiger partial charge on any atom is -0.461 e. The van der Waals surface area contributed by atoms with Crippen LogP contribution in [-0.2, 0) is 19.1 Å². The Morgan fingerprint density at radius 1 is 0.800 bits per heavy atom. The van der Waals surface area contributed by atoms with Crippen LogP contribution in [0.4, 0.5) is 0 Å². The molecule has 0 heterocycles. The summed E-state index contributed by atoms with van der Waals surface area (Å²) in [6.45, 7) is 15.0. The zero-order valence-electron chi connectivity index (χ0n) is 20.0. The standard InChI is InChI=1S/C27H28O8/c1-16(2)24(28)32-11-12-33-27(31)21-13-20(14-23(15-21)35-26(30)18(5)6)19-7-9-22(10-8-19)34-25(29)17(3)4/h7-10,13-15,25,29H,1,3,5,11-12H2,2,4,6H3/t25-/m0/s1. The lowest BCUT2D eigenvalue weighted by Gasteiger charge is -2.14. The number of benzene rings is 2. The van der Waals surface area contributed by atoms with Gasteiger partial charge in [-0.1, -0.05) is 31.9 Å². The maximum atomic E-state index is 12.6. The van der Waals surface area contributed by atoms with Crippen molar-refractivity contribution in [2.24, 2.45) is 0 Å². The zero-order chi connectivity index (χ0) is 26.1. The molecule has 0 fully saturated rings. The molecule has 1 N–H and O–H groups in total. The average molecular weight is 481 g/mol. The molecule has 0 aliphatic heterocycles. The summed E-state index contributed by atoms with van der Waals surface area (Å²) < 4.78 is 20.8. The van der Waals surface area contributed by atoms with Gasteiger partial charge in [0, 0.05) is 11.1 Å². The van der Waals surface area contributed by atoms with Crippen LogP contribution in [0.1, 0.15) is 31.1 Å². The molecule has 0 aliphatic carbocycles. The van der Waals surface area contributed by atoms with Crippen molar-refractivity contribution in [3.8, 4) is 22.6 Å². The Hall–Kier alpha value is -4.17. The van der Waals surface area contributed by atoms with Crippen molar-refractivity contribution in [1.82, 2.24) is 0 Å². The summed E-state index contributed by atoms with van der Waals surface area (Å²) in [5.74, 6) is -1.39. The van der Waals surface area contributed by atoms with Gasteiger partial charge in [-0.15, -0.1) is 0 Å². The molecule has 1 atom stereocenters. The molecular weight excluding hydrogens is 452 g/mol. The van der Waals surface area contributed by atoms with E-state index in [4.69, 9.17) is 18.9 Å². The third-order valence-corrected chi connectivity index (χ3v) is 4.46. The maximum Gasteiger partial charge on any atom is 0.338 e. The Balaban J connectivity index is 2.26. The molecule has 0 amide bonds. The quantitative estimate of drug-likeness (QED) is 0.126. The van der Waals surface area contributed by atoms with Crippen LogP contribution in [0, 0.1) is 0 Å². The molecule has 35 heavy (non-hydrogen) atoms. The topological polar surface area (TPSA) is 108 Å². The Morgan fingerprint density at radius 2 is 1.40 bits per heavy atom. The normalized spacial score (nSPS) is 11.1. The highest BCUT2D eigenvalue weighted by molar-refractivity contribution is 5.93. The van der Waals surface area contributed by atoms with E-state index < -0.39 is 24.2 Å². The zero-order valence-corrected chi connectivity index (χ0v) is 20.0. The fourth-order valence-electron chi connectivity index (χ4n) is 2.57. The Bertz CT molecular complexity index is 1140. The van der Waals surface area contributed by atoms with Gasteiger partial charge in [0.1, 0.15) is 24.7 Å². The van der Waals surface area contributed by atoms with Gasteiger partial charge < -0.3 is 24.1 Å². The fraction of sp³-hybridized carbons (Fsp3) is 0.222. The Morgan fingerprint density at radius 3 is 1.97 bits per heavy atom. The number of hydrogen-bond donors (Lipinski definition) is 1. The maximum absolute atomic E-state index is 12.6. The number of hydrogen-bond acceptors (Lipinski definition) is 8. The Labute approximate surface area is 204 Å². The molecule has 0 bridgehead atoms. The van der Waals surface area contributed by atoms with Gasteiger partial charge in [-0.3, -0.25) is 0 Å². The van der Waals surface area contributed by atoms with E-state index in [0.29, 0.717) is 22.4 Å². The first kappa shape index (κ1) is 27.1. The van der Waals surface area contributed by atoms with E-state index >= 15 is 0 Å². The van der Waals surface area contributed by atoms with Gasteiger partial charge in [0.05, 0.1) is 5.56 Å². The van der Waals surface area contributed by atoms with Gasteiger partial charge >= 0.3 is 17.9 Å². The summed E-state index contributed by atoms with van der Waals surface area (Å²) in [7, 11) is 0. The lowest BCUT2D eigenvalue weighted by molar-refractivity contribution is -0.140. The van der Waals surface area contributed by atoms with Crippen LogP contribution in [0.15, 0.2) is 78.9 Å². The van der Waals surface area contributed by atoms with Crippen molar-refractivity contribution in [2.45, 2.75) is 27.1 Å². The number of carbonyl (C=O) groups excluding carboxylic acids is 3. The molecule has 0 spiro atoms. The van der Waals surface area contributed by atoms with Crippen LogP contribution in [0.2, 0.25) is 0 Å². The van der Waals surface area contributed by atoms with Gasteiger partial charge in [0.2, 0.25) is 6.29 Å². The molecule has 0 aliphatic rings. The molecule has 0 radical (unpaired) electrons. The van der Waals surface area contributed by atoms with E-state index in [1.807, 2.05) is 0 Å². The average Bonchev–Trinajstić information content (AvgIpc) is 2.81. The molecule has 0 saturated heterocycles. The summed E-state index contributed by atoms with van der Waals surface area (Å²) in [5.41, 5.74) is 2.24. The van der Waals surface area contributed by atoms with Crippen molar-refractivity contribution >= 4 is 17.9 Å². The number of esters is 3. The first-order chi connectivity index (χ1) is 16.5. The minimum absolute atomic E-state index is 0.120. The van der Waals surface area contributed by atoms with Crippen molar-refractivity contribution in [2.75, 3.05) is 13.2 Å². The molecule has 2 aromatic rings. The first-order valence-electron chi connectivity index (χ1n) is 10.6. The summed E-state index contributed by atoms with van der Waals surface area (Å²) in [4.78, 5) is 36.1. The lowest BCUT2D eigenvalue weighted by atomic mass is 10.0. The van der Waals surface area contributed by atoms with E-state index in [2.05, 4.69) is 19.7 Å². The molecule has 8 nitrogen and oxygen atoms in total. The molecule has 0 aromatic heterocycles. The van der Waals surface area contributed by atoms with Crippen molar-refractivity contribution < 1.29 is 38.4 Å². The second-order valence-corrected chi connectivity index (χ2v) is 7.81. The first-order valence-corrected chi connectivity index (χ1v) is 10.6. The van der Waals surface area contributed by atoms with Crippen LogP contribution in [0.5, 0.6) is 11.5 Å².